The molecule has 0 saturated carbocycles. The zero-order valence-electron chi connectivity index (χ0n) is 9.23. The Balaban J connectivity index is 2.02. The number of nitrogens with zero attached hydrogens (tertiary/aromatic N) is 1. The number of benzene rings is 1. The molecule has 0 unspecified atom stereocenters. The molecular weight excluding hydrogens is 238 g/mol. The van der Waals surface area contributed by atoms with Gasteiger partial charge in [0.05, 0.1) is 11.4 Å². The van der Waals surface area contributed by atoms with Gasteiger partial charge in [-0.1, -0.05) is 6.07 Å². The summed E-state index contributed by atoms with van der Waals surface area (Å²) >= 11 is 3.44. The molecule has 0 atom stereocenters. The summed E-state index contributed by atoms with van der Waals surface area (Å²) in [5, 5.41) is 10.5. The lowest BCUT2D eigenvalue weighted by molar-refractivity contribution is 0.474. The van der Waals surface area contributed by atoms with E-state index < -0.39 is 0 Å². The summed E-state index contributed by atoms with van der Waals surface area (Å²) < 4.78 is 0. The minimum atomic E-state index is 0.316. The molecule has 0 spiro atoms. The number of aromatic hydroxyl groups is 1. The van der Waals surface area contributed by atoms with Crippen molar-refractivity contribution >= 4 is 23.1 Å². The van der Waals surface area contributed by atoms with Gasteiger partial charge in [0.15, 0.2) is 0 Å². The van der Waals surface area contributed by atoms with Crippen LogP contribution in [0.1, 0.15) is 15.6 Å². The predicted molar refractivity (Wildman–Crippen MR) is 69.3 cm³/mol. The molecule has 16 heavy (non-hydrogen) atoms. The monoisotopic (exact) mass is 251 g/mol. The maximum Gasteiger partial charge on any atom is 0.116 e. The lowest BCUT2D eigenvalue weighted by Crippen LogP contribution is -1.79. The van der Waals surface area contributed by atoms with Gasteiger partial charge in [0, 0.05) is 9.77 Å². The van der Waals surface area contributed by atoms with Crippen molar-refractivity contribution < 1.29 is 5.11 Å². The second-order valence-corrected chi connectivity index (χ2v) is 5.87. The van der Waals surface area contributed by atoms with Crippen LogP contribution in [0.2, 0.25) is 0 Å². The molecule has 1 heterocycles. The number of phenolic OH excluding ortho intramolecular Hbond substituents is 1. The minimum absolute atomic E-state index is 0.316. The van der Waals surface area contributed by atoms with Crippen LogP contribution in [0.15, 0.2) is 29.2 Å². The highest BCUT2D eigenvalue weighted by atomic mass is 32.2. The largest absolute Gasteiger partial charge is 0.508 e. The summed E-state index contributed by atoms with van der Waals surface area (Å²) in [5.41, 5.74) is 1.12. The Bertz CT molecular complexity index is 474. The number of aryl methyl sites for hydroxylation is 2. The van der Waals surface area contributed by atoms with E-state index in [-0.39, 0.29) is 0 Å². The van der Waals surface area contributed by atoms with Crippen LogP contribution in [0.4, 0.5) is 0 Å². The third-order valence-corrected chi connectivity index (χ3v) is 4.51. The van der Waals surface area contributed by atoms with E-state index >= 15 is 0 Å². The molecule has 0 bridgehead atoms. The van der Waals surface area contributed by atoms with Crippen LogP contribution in [0.5, 0.6) is 5.75 Å². The number of phenols is 1. The molecule has 0 aliphatic heterocycles. The first kappa shape index (κ1) is 11.5. The first-order chi connectivity index (χ1) is 7.65. The van der Waals surface area contributed by atoms with E-state index in [1.165, 1.54) is 4.88 Å². The normalized spacial score (nSPS) is 10.6. The van der Waals surface area contributed by atoms with Gasteiger partial charge in [-0.25, -0.2) is 4.98 Å². The molecule has 0 amide bonds. The molecule has 84 valence electrons. The highest BCUT2D eigenvalue weighted by Gasteiger charge is 2.04. The van der Waals surface area contributed by atoms with Gasteiger partial charge in [-0.05, 0) is 32.0 Å². The molecule has 0 fully saturated rings. The number of hydrogen-bond donors (Lipinski definition) is 1. The molecule has 0 saturated heterocycles. The third-order valence-electron chi connectivity index (χ3n) is 2.25. The Hall–Kier alpha value is -1.000. The maximum atomic E-state index is 9.33. The summed E-state index contributed by atoms with van der Waals surface area (Å²) in [5.74, 6) is 1.18. The van der Waals surface area contributed by atoms with Gasteiger partial charge in [-0.2, -0.15) is 0 Å². The van der Waals surface area contributed by atoms with Gasteiger partial charge in [-0.15, -0.1) is 23.1 Å². The van der Waals surface area contributed by atoms with Gasteiger partial charge >= 0.3 is 0 Å². The lowest BCUT2D eigenvalue weighted by atomic mass is 10.3. The van der Waals surface area contributed by atoms with Gasteiger partial charge < -0.3 is 5.11 Å². The SMILES string of the molecule is Cc1nc(CSc2cccc(O)c2)sc1C. The van der Waals surface area contributed by atoms with Crippen molar-refractivity contribution in [3.05, 3.63) is 39.8 Å². The van der Waals surface area contributed by atoms with Crippen molar-refractivity contribution in [2.45, 2.75) is 24.5 Å². The molecule has 2 nitrogen and oxygen atoms in total. The van der Waals surface area contributed by atoms with Crippen LogP contribution in [-0.2, 0) is 5.75 Å². The highest BCUT2D eigenvalue weighted by molar-refractivity contribution is 7.98. The fourth-order valence-corrected chi connectivity index (χ4v) is 3.19. The lowest BCUT2D eigenvalue weighted by Gasteiger charge is -1.99. The van der Waals surface area contributed by atoms with E-state index in [4.69, 9.17) is 0 Å². The van der Waals surface area contributed by atoms with Crippen molar-refractivity contribution in [3.8, 4) is 5.75 Å². The Morgan fingerprint density at radius 1 is 1.38 bits per heavy atom. The highest BCUT2D eigenvalue weighted by Crippen LogP contribution is 2.28. The number of thiazole rings is 1. The molecule has 0 aliphatic rings. The molecule has 2 aromatic rings. The molecule has 1 N–H and O–H groups in total. The average Bonchev–Trinajstić information content (AvgIpc) is 2.56. The van der Waals surface area contributed by atoms with Gasteiger partial charge in [-0.3, -0.25) is 0 Å². The first-order valence-corrected chi connectivity index (χ1v) is 6.80. The minimum Gasteiger partial charge on any atom is -0.508 e. The van der Waals surface area contributed by atoms with Crippen LogP contribution < -0.4 is 0 Å². The number of aromatic nitrogens is 1. The molecule has 1 aromatic carbocycles. The van der Waals surface area contributed by atoms with E-state index in [9.17, 15) is 5.11 Å². The summed E-state index contributed by atoms with van der Waals surface area (Å²) in [7, 11) is 0. The smallest absolute Gasteiger partial charge is 0.116 e. The van der Waals surface area contributed by atoms with E-state index in [0.717, 1.165) is 21.3 Å². The van der Waals surface area contributed by atoms with Crippen molar-refractivity contribution in [2.24, 2.45) is 0 Å². The van der Waals surface area contributed by atoms with Crippen molar-refractivity contribution in [2.75, 3.05) is 0 Å². The predicted octanol–water partition coefficient (Wildman–Crippen LogP) is 3.76. The quantitative estimate of drug-likeness (QED) is 0.843. The molecule has 4 heteroatoms. The number of thioether (sulfide) groups is 1. The van der Waals surface area contributed by atoms with E-state index in [1.807, 2.05) is 19.1 Å². The average molecular weight is 251 g/mol. The van der Waals surface area contributed by atoms with Crippen LogP contribution in [0.25, 0.3) is 0 Å². The number of hydrogen-bond acceptors (Lipinski definition) is 4. The Morgan fingerprint density at radius 2 is 2.19 bits per heavy atom. The van der Waals surface area contributed by atoms with Crippen LogP contribution in [0.3, 0.4) is 0 Å². The standard InChI is InChI=1S/C12H13NOS2/c1-8-9(2)16-12(13-8)7-15-11-5-3-4-10(14)6-11/h3-6,14H,7H2,1-2H3. The fraction of sp³-hybridized carbons (Fsp3) is 0.250. The van der Waals surface area contributed by atoms with E-state index in [1.54, 1.807) is 35.2 Å². The van der Waals surface area contributed by atoms with E-state index in [2.05, 4.69) is 11.9 Å². The first-order valence-electron chi connectivity index (χ1n) is 5.00. The van der Waals surface area contributed by atoms with Gasteiger partial charge in [0.25, 0.3) is 0 Å². The Kier molecular flexibility index (Phi) is 3.51. The van der Waals surface area contributed by atoms with Gasteiger partial charge in [0.2, 0.25) is 0 Å². The fourth-order valence-electron chi connectivity index (χ4n) is 1.32. The van der Waals surface area contributed by atoms with Crippen LogP contribution >= 0.6 is 23.1 Å². The van der Waals surface area contributed by atoms with Crippen molar-refractivity contribution in [1.29, 1.82) is 0 Å². The summed E-state index contributed by atoms with van der Waals surface area (Å²) in [6.45, 7) is 4.13. The third kappa shape index (κ3) is 2.77. The molecule has 0 radical (unpaired) electrons. The second kappa shape index (κ2) is 4.89. The summed E-state index contributed by atoms with van der Waals surface area (Å²) in [4.78, 5) is 6.84. The van der Waals surface area contributed by atoms with Crippen molar-refractivity contribution in [3.63, 3.8) is 0 Å². The van der Waals surface area contributed by atoms with Crippen LogP contribution in [-0.4, -0.2) is 10.1 Å². The second-order valence-electron chi connectivity index (χ2n) is 3.54. The Labute approximate surface area is 103 Å². The van der Waals surface area contributed by atoms with Crippen LogP contribution in [0, 0.1) is 13.8 Å². The van der Waals surface area contributed by atoms with Gasteiger partial charge in [0.1, 0.15) is 10.8 Å². The topological polar surface area (TPSA) is 33.1 Å². The maximum absolute atomic E-state index is 9.33. The number of rotatable bonds is 3. The molecule has 2 rings (SSSR count). The summed E-state index contributed by atoms with van der Waals surface area (Å²) in [6.07, 6.45) is 0. The zero-order chi connectivity index (χ0) is 11.5. The Morgan fingerprint density at radius 3 is 2.81 bits per heavy atom. The van der Waals surface area contributed by atoms with E-state index in [0.29, 0.717) is 5.75 Å². The van der Waals surface area contributed by atoms with Crippen molar-refractivity contribution in [1.82, 2.24) is 4.98 Å². The molecular formula is C12H13NOS2. The molecule has 0 aliphatic carbocycles. The zero-order valence-corrected chi connectivity index (χ0v) is 10.9. The molecule has 1 aromatic heterocycles. The summed E-state index contributed by atoms with van der Waals surface area (Å²) in [6, 6.07) is 7.31.